The van der Waals surface area contributed by atoms with Gasteiger partial charge >= 0.3 is 0 Å². The van der Waals surface area contributed by atoms with Crippen molar-refractivity contribution in [3.05, 3.63) is 101 Å². The first-order chi connectivity index (χ1) is 16.2. The molecule has 0 saturated heterocycles. The molecule has 0 radical (unpaired) electrons. The Morgan fingerprint density at radius 3 is 2.52 bits per heavy atom. The molecule has 5 rings (SSSR count). The first-order valence-electron chi connectivity index (χ1n) is 11.5. The van der Waals surface area contributed by atoms with E-state index < -0.39 is 0 Å². The first kappa shape index (κ1) is 21.0. The summed E-state index contributed by atoms with van der Waals surface area (Å²) in [6.07, 6.45) is 6.47. The molecule has 5 heteroatoms. The van der Waals surface area contributed by atoms with E-state index in [9.17, 15) is 9.59 Å². The van der Waals surface area contributed by atoms with Gasteiger partial charge in [0.2, 0.25) is 5.91 Å². The van der Waals surface area contributed by atoms with Gasteiger partial charge < -0.3 is 15.5 Å². The van der Waals surface area contributed by atoms with E-state index >= 15 is 0 Å². The van der Waals surface area contributed by atoms with Gasteiger partial charge in [0, 0.05) is 42.1 Å². The van der Waals surface area contributed by atoms with Crippen LogP contribution in [0.25, 0.3) is 6.08 Å². The van der Waals surface area contributed by atoms with Gasteiger partial charge in [-0.05, 0) is 66.3 Å². The highest BCUT2D eigenvalue weighted by Crippen LogP contribution is 2.30. The van der Waals surface area contributed by atoms with Crippen LogP contribution in [0, 0.1) is 0 Å². The molecule has 5 nitrogen and oxygen atoms in total. The molecule has 2 aliphatic rings. The SMILES string of the molecule is O=C(C=Cc1ccc(C(=O)NC2CC2)cc1)Nc1ccccc1CN1CCc2ccccc21. The zero-order chi connectivity index (χ0) is 22.6. The summed E-state index contributed by atoms with van der Waals surface area (Å²) in [5.74, 6) is -0.220. The Hall–Kier alpha value is -3.86. The summed E-state index contributed by atoms with van der Waals surface area (Å²) in [6, 6.07) is 24.1. The van der Waals surface area contributed by atoms with Gasteiger partial charge in [-0.25, -0.2) is 0 Å². The minimum atomic E-state index is -0.181. The maximum atomic E-state index is 12.6. The highest BCUT2D eigenvalue weighted by molar-refractivity contribution is 6.02. The molecule has 1 heterocycles. The van der Waals surface area contributed by atoms with Crippen molar-refractivity contribution in [2.24, 2.45) is 0 Å². The van der Waals surface area contributed by atoms with Crippen molar-refractivity contribution < 1.29 is 9.59 Å². The lowest BCUT2D eigenvalue weighted by molar-refractivity contribution is -0.111. The number of benzene rings is 3. The van der Waals surface area contributed by atoms with Gasteiger partial charge in [0.05, 0.1) is 0 Å². The predicted molar refractivity (Wildman–Crippen MR) is 132 cm³/mol. The summed E-state index contributed by atoms with van der Waals surface area (Å²) in [5, 5.41) is 6.00. The summed E-state index contributed by atoms with van der Waals surface area (Å²) in [4.78, 5) is 27.1. The minimum Gasteiger partial charge on any atom is -0.367 e. The van der Waals surface area contributed by atoms with E-state index in [4.69, 9.17) is 0 Å². The van der Waals surface area contributed by atoms with Gasteiger partial charge in [-0.1, -0.05) is 48.5 Å². The Bertz CT molecular complexity index is 1200. The zero-order valence-electron chi connectivity index (χ0n) is 18.5. The number of amides is 2. The van der Waals surface area contributed by atoms with Gasteiger partial charge in [-0.2, -0.15) is 0 Å². The number of rotatable bonds is 7. The average molecular weight is 438 g/mol. The molecular weight excluding hydrogens is 410 g/mol. The molecule has 1 saturated carbocycles. The van der Waals surface area contributed by atoms with Crippen molar-refractivity contribution in [1.82, 2.24) is 5.32 Å². The van der Waals surface area contributed by atoms with Crippen LogP contribution in [0.2, 0.25) is 0 Å². The Balaban J connectivity index is 1.21. The second-order valence-electron chi connectivity index (χ2n) is 8.65. The molecule has 1 fully saturated rings. The molecule has 166 valence electrons. The third-order valence-corrected chi connectivity index (χ3v) is 6.13. The Morgan fingerprint density at radius 1 is 0.939 bits per heavy atom. The standard InChI is InChI=1S/C28H27N3O2/c32-27(16-11-20-9-12-22(13-10-20)28(33)29-24-14-15-24)30-25-7-3-1-6-23(25)19-31-18-17-21-5-2-4-8-26(21)31/h1-13,16,24H,14-15,17-19H2,(H,29,33)(H,30,32). The van der Waals surface area contributed by atoms with Crippen LogP contribution >= 0.6 is 0 Å². The predicted octanol–water partition coefficient (Wildman–Crippen LogP) is 4.79. The number of hydrogen-bond acceptors (Lipinski definition) is 3. The lowest BCUT2D eigenvalue weighted by Gasteiger charge is -2.21. The van der Waals surface area contributed by atoms with Gasteiger partial charge in [-0.15, -0.1) is 0 Å². The van der Waals surface area contributed by atoms with E-state index in [0.717, 1.165) is 49.2 Å². The summed E-state index contributed by atoms with van der Waals surface area (Å²) in [7, 11) is 0. The monoisotopic (exact) mass is 437 g/mol. The minimum absolute atomic E-state index is 0.0389. The fourth-order valence-corrected chi connectivity index (χ4v) is 4.14. The molecule has 0 atom stereocenters. The third kappa shape index (κ3) is 5.14. The number of carbonyl (C=O) groups excluding carboxylic acids is 2. The Morgan fingerprint density at radius 2 is 1.70 bits per heavy atom. The summed E-state index contributed by atoms with van der Waals surface area (Å²) in [6.45, 7) is 1.73. The van der Waals surface area contributed by atoms with Crippen LogP contribution in [-0.2, 0) is 17.8 Å². The van der Waals surface area contributed by atoms with Crippen molar-refractivity contribution in [2.45, 2.75) is 31.8 Å². The molecule has 33 heavy (non-hydrogen) atoms. The molecule has 3 aromatic carbocycles. The van der Waals surface area contributed by atoms with E-state index in [-0.39, 0.29) is 11.8 Å². The zero-order valence-corrected chi connectivity index (χ0v) is 18.5. The second-order valence-corrected chi connectivity index (χ2v) is 8.65. The molecule has 0 bridgehead atoms. The van der Waals surface area contributed by atoms with Gasteiger partial charge in [0.25, 0.3) is 5.91 Å². The van der Waals surface area contributed by atoms with E-state index in [2.05, 4.69) is 45.9 Å². The highest BCUT2D eigenvalue weighted by atomic mass is 16.2. The largest absolute Gasteiger partial charge is 0.367 e. The fourth-order valence-electron chi connectivity index (χ4n) is 4.14. The van der Waals surface area contributed by atoms with Crippen LogP contribution in [0.1, 0.15) is 39.9 Å². The van der Waals surface area contributed by atoms with Gasteiger partial charge in [0.1, 0.15) is 0 Å². The number of fused-ring (bicyclic) bond motifs is 1. The van der Waals surface area contributed by atoms with Crippen LogP contribution in [0.4, 0.5) is 11.4 Å². The van der Waals surface area contributed by atoms with Crippen LogP contribution in [-0.4, -0.2) is 24.4 Å². The number of anilines is 2. The van der Waals surface area contributed by atoms with Crippen LogP contribution in [0.3, 0.4) is 0 Å². The Labute approximate surface area is 194 Å². The normalized spacial score (nSPS) is 14.8. The van der Waals surface area contributed by atoms with Crippen molar-refractivity contribution in [1.29, 1.82) is 0 Å². The molecule has 0 spiro atoms. The smallest absolute Gasteiger partial charge is 0.251 e. The first-order valence-corrected chi connectivity index (χ1v) is 11.5. The number of hydrogen-bond donors (Lipinski definition) is 2. The lowest BCUT2D eigenvalue weighted by atomic mass is 10.1. The number of para-hydroxylation sites is 2. The van der Waals surface area contributed by atoms with Crippen LogP contribution in [0.15, 0.2) is 78.9 Å². The van der Waals surface area contributed by atoms with Crippen molar-refractivity contribution >= 4 is 29.3 Å². The number of nitrogens with zero attached hydrogens (tertiary/aromatic N) is 1. The molecule has 0 unspecified atom stereocenters. The average Bonchev–Trinajstić information content (AvgIpc) is 3.57. The van der Waals surface area contributed by atoms with Crippen LogP contribution in [0.5, 0.6) is 0 Å². The maximum absolute atomic E-state index is 12.6. The molecular formula is C28H27N3O2. The molecule has 1 aliphatic heterocycles. The third-order valence-electron chi connectivity index (χ3n) is 6.13. The molecule has 1 aliphatic carbocycles. The lowest BCUT2D eigenvalue weighted by Crippen LogP contribution is -2.25. The van der Waals surface area contributed by atoms with E-state index in [1.165, 1.54) is 17.3 Å². The molecule has 2 N–H and O–H groups in total. The molecule has 3 aromatic rings. The number of nitrogens with one attached hydrogen (secondary N) is 2. The molecule has 2 amide bonds. The fraction of sp³-hybridized carbons (Fsp3) is 0.214. The summed E-state index contributed by atoms with van der Waals surface area (Å²) < 4.78 is 0. The Kier molecular flexibility index (Phi) is 5.94. The maximum Gasteiger partial charge on any atom is 0.251 e. The summed E-state index contributed by atoms with van der Waals surface area (Å²) >= 11 is 0. The summed E-state index contributed by atoms with van der Waals surface area (Å²) in [5.41, 5.74) is 6.06. The van der Waals surface area contributed by atoms with Gasteiger partial charge in [0.15, 0.2) is 0 Å². The second kappa shape index (κ2) is 9.33. The highest BCUT2D eigenvalue weighted by Gasteiger charge is 2.23. The van der Waals surface area contributed by atoms with E-state index in [1.54, 1.807) is 18.2 Å². The number of carbonyl (C=O) groups is 2. The quantitative estimate of drug-likeness (QED) is 0.522. The molecule has 0 aromatic heterocycles. The van der Waals surface area contributed by atoms with Crippen molar-refractivity contribution in [3.63, 3.8) is 0 Å². The van der Waals surface area contributed by atoms with E-state index in [0.29, 0.717) is 11.6 Å². The van der Waals surface area contributed by atoms with Gasteiger partial charge in [-0.3, -0.25) is 9.59 Å². The topological polar surface area (TPSA) is 61.4 Å². The van der Waals surface area contributed by atoms with Crippen molar-refractivity contribution in [2.75, 3.05) is 16.8 Å². The van der Waals surface area contributed by atoms with E-state index in [1.807, 2.05) is 30.3 Å². The van der Waals surface area contributed by atoms with Crippen LogP contribution < -0.4 is 15.5 Å². The van der Waals surface area contributed by atoms with Crippen molar-refractivity contribution in [3.8, 4) is 0 Å².